The van der Waals surface area contributed by atoms with Crippen LogP contribution in [-0.4, -0.2) is 38.4 Å². The van der Waals surface area contributed by atoms with Gasteiger partial charge in [-0.3, -0.25) is 4.90 Å². The van der Waals surface area contributed by atoms with Crippen LogP contribution in [0.1, 0.15) is 12.8 Å². The fourth-order valence-electron chi connectivity index (χ4n) is 2.15. The maximum Gasteiger partial charge on any atom is 0.322 e. The van der Waals surface area contributed by atoms with Gasteiger partial charge in [-0.2, -0.15) is 0 Å². The molecule has 3 N–H and O–H groups in total. The van der Waals surface area contributed by atoms with E-state index in [1.165, 1.54) is 11.0 Å². The first-order valence-electron chi connectivity index (χ1n) is 6.82. The number of ether oxygens (including phenoxy) is 1. The van der Waals surface area contributed by atoms with E-state index in [2.05, 4.69) is 5.32 Å². The molecule has 2 amide bonds. The number of carbonyl (C=O) groups is 1. The van der Waals surface area contributed by atoms with Gasteiger partial charge in [-0.1, -0.05) is 12.1 Å². The van der Waals surface area contributed by atoms with E-state index in [9.17, 15) is 9.18 Å². The number of amides is 2. The van der Waals surface area contributed by atoms with Crippen molar-refractivity contribution in [1.82, 2.24) is 5.32 Å². The van der Waals surface area contributed by atoms with Crippen LogP contribution in [0.15, 0.2) is 24.3 Å². The second kappa shape index (κ2) is 7.21. The Kier molecular flexibility index (Phi) is 5.31. The number of hydrogen-bond acceptors (Lipinski definition) is 3. The standard InChI is InChI=1S/C14H20FN3O2/c15-12-4-1-2-5-13(12)18(8-3-7-16)14(19)17-11-6-9-20-10-11/h1-2,4-5,11H,3,6-10,16H2,(H,17,19). The average Bonchev–Trinajstić information content (AvgIpc) is 2.94. The fourth-order valence-corrected chi connectivity index (χ4v) is 2.15. The van der Waals surface area contributed by atoms with E-state index in [1.807, 2.05) is 0 Å². The van der Waals surface area contributed by atoms with Crippen molar-refractivity contribution in [2.45, 2.75) is 18.9 Å². The summed E-state index contributed by atoms with van der Waals surface area (Å²) >= 11 is 0. The predicted octanol–water partition coefficient (Wildman–Crippen LogP) is 1.48. The minimum Gasteiger partial charge on any atom is -0.379 e. The van der Waals surface area contributed by atoms with Gasteiger partial charge in [-0.25, -0.2) is 9.18 Å². The minimum absolute atomic E-state index is 0.00495. The maximum absolute atomic E-state index is 13.9. The van der Waals surface area contributed by atoms with Gasteiger partial charge in [0.05, 0.1) is 18.3 Å². The third-order valence-corrected chi connectivity index (χ3v) is 3.23. The Bertz CT molecular complexity index is 450. The SMILES string of the molecule is NCCCN(C(=O)NC1CCOC1)c1ccccc1F. The van der Waals surface area contributed by atoms with E-state index >= 15 is 0 Å². The molecule has 1 aliphatic rings. The van der Waals surface area contributed by atoms with Crippen molar-refractivity contribution in [3.8, 4) is 0 Å². The molecule has 6 heteroatoms. The Morgan fingerprint density at radius 2 is 2.30 bits per heavy atom. The Balaban J connectivity index is 2.09. The molecule has 2 rings (SSSR count). The van der Waals surface area contributed by atoms with E-state index in [0.717, 1.165) is 6.42 Å². The Morgan fingerprint density at radius 3 is 2.95 bits per heavy atom. The summed E-state index contributed by atoms with van der Waals surface area (Å²) in [6.45, 7) is 1.99. The number of nitrogens with one attached hydrogen (secondary N) is 1. The fraction of sp³-hybridized carbons (Fsp3) is 0.500. The molecule has 0 saturated carbocycles. The van der Waals surface area contributed by atoms with Crippen LogP contribution in [0.3, 0.4) is 0 Å². The van der Waals surface area contributed by atoms with Gasteiger partial charge in [0, 0.05) is 13.2 Å². The van der Waals surface area contributed by atoms with Gasteiger partial charge in [0.25, 0.3) is 0 Å². The van der Waals surface area contributed by atoms with Crippen LogP contribution in [0.2, 0.25) is 0 Å². The van der Waals surface area contributed by atoms with E-state index < -0.39 is 5.82 Å². The molecule has 1 fully saturated rings. The smallest absolute Gasteiger partial charge is 0.322 e. The number of halogens is 1. The van der Waals surface area contributed by atoms with Gasteiger partial charge >= 0.3 is 6.03 Å². The van der Waals surface area contributed by atoms with E-state index in [-0.39, 0.29) is 17.8 Å². The monoisotopic (exact) mass is 281 g/mol. The van der Waals surface area contributed by atoms with Crippen LogP contribution in [0.4, 0.5) is 14.9 Å². The molecular formula is C14H20FN3O2. The molecule has 0 spiro atoms. The summed E-state index contributed by atoms with van der Waals surface area (Å²) < 4.78 is 19.1. The van der Waals surface area contributed by atoms with Gasteiger partial charge in [0.15, 0.2) is 0 Å². The highest BCUT2D eigenvalue weighted by Gasteiger charge is 2.23. The Morgan fingerprint density at radius 1 is 1.50 bits per heavy atom. The predicted molar refractivity (Wildman–Crippen MR) is 75.2 cm³/mol. The van der Waals surface area contributed by atoms with Gasteiger partial charge in [0.2, 0.25) is 0 Å². The van der Waals surface area contributed by atoms with Crippen molar-refractivity contribution < 1.29 is 13.9 Å². The van der Waals surface area contributed by atoms with Crippen molar-refractivity contribution in [3.63, 3.8) is 0 Å². The second-order valence-corrected chi connectivity index (χ2v) is 4.76. The zero-order chi connectivity index (χ0) is 14.4. The molecule has 0 radical (unpaired) electrons. The van der Waals surface area contributed by atoms with Crippen LogP contribution in [0.5, 0.6) is 0 Å². The number of nitrogens with two attached hydrogens (primary N) is 1. The molecule has 20 heavy (non-hydrogen) atoms. The summed E-state index contributed by atoms with van der Waals surface area (Å²) in [5.41, 5.74) is 5.76. The Labute approximate surface area is 117 Å². The van der Waals surface area contributed by atoms with E-state index in [1.54, 1.807) is 18.2 Å². The topological polar surface area (TPSA) is 67.6 Å². The lowest BCUT2D eigenvalue weighted by Gasteiger charge is -2.25. The highest BCUT2D eigenvalue weighted by molar-refractivity contribution is 5.92. The number of rotatable bonds is 5. The second-order valence-electron chi connectivity index (χ2n) is 4.76. The van der Waals surface area contributed by atoms with Gasteiger partial charge in [0.1, 0.15) is 5.82 Å². The summed E-state index contributed by atoms with van der Waals surface area (Å²) in [6, 6.07) is 5.93. The lowest BCUT2D eigenvalue weighted by molar-refractivity contribution is 0.189. The average molecular weight is 281 g/mol. The first-order chi connectivity index (χ1) is 9.72. The molecule has 1 aliphatic heterocycles. The van der Waals surface area contributed by atoms with Gasteiger partial charge < -0.3 is 15.8 Å². The van der Waals surface area contributed by atoms with Crippen molar-refractivity contribution in [2.75, 3.05) is 31.2 Å². The summed E-state index contributed by atoms with van der Waals surface area (Å²) in [7, 11) is 0. The van der Waals surface area contributed by atoms with Crippen molar-refractivity contribution in [1.29, 1.82) is 0 Å². The lowest BCUT2D eigenvalue weighted by atomic mass is 10.2. The van der Waals surface area contributed by atoms with Crippen LogP contribution in [0, 0.1) is 5.82 Å². The number of benzene rings is 1. The maximum atomic E-state index is 13.9. The van der Waals surface area contributed by atoms with Gasteiger partial charge in [-0.05, 0) is 31.5 Å². The van der Waals surface area contributed by atoms with Crippen LogP contribution in [0.25, 0.3) is 0 Å². The molecule has 0 bridgehead atoms. The van der Waals surface area contributed by atoms with Crippen molar-refractivity contribution in [2.24, 2.45) is 5.73 Å². The quantitative estimate of drug-likeness (QED) is 0.859. The molecule has 1 atom stereocenters. The molecule has 1 unspecified atom stereocenters. The zero-order valence-corrected chi connectivity index (χ0v) is 11.3. The molecule has 0 aromatic heterocycles. The number of nitrogens with zero attached hydrogens (tertiary/aromatic N) is 1. The summed E-state index contributed by atoms with van der Waals surface area (Å²) in [4.78, 5) is 13.7. The molecule has 1 aromatic rings. The zero-order valence-electron chi connectivity index (χ0n) is 11.3. The first kappa shape index (κ1) is 14.7. The first-order valence-corrected chi connectivity index (χ1v) is 6.82. The molecular weight excluding hydrogens is 261 g/mol. The van der Waals surface area contributed by atoms with E-state index in [0.29, 0.717) is 32.7 Å². The van der Waals surface area contributed by atoms with Crippen molar-refractivity contribution in [3.05, 3.63) is 30.1 Å². The molecule has 1 aromatic carbocycles. The third kappa shape index (κ3) is 3.68. The number of urea groups is 1. The molecule has 5 nitrogen and oxygen atoms in total. The van der Waals surface area contributed by atoms with E-state index in [4.69, 9.17) is 10.5 Å². The van der Waals surface area contributed by atoms with Crippen LogP contribution in [-0.2, 0) is 4.74 Å². The number of hydrogen-bond donors (Lipinski definition) is 2. The van der Waals surface area contributed by atoms with Crippen LogP contribution < -0.4 is 16.0 Å². The summed E-state index contributed by atoms with van der Waals surface area (Å²) in [6.07, 6.45) is 1.40. The Hall–Kier alpha value is -1.66. The third-order valence-electron chi connectivity index (χ3n) is 3.23. The highest BCUT2D eigenvalue weighted by Crippen LogP contribution is 2.19. The molecule has 110 valence electrons. The van der Waals surface area contributed by atoms with Gasteiger partial charge in [-0.15, -0.1) is 0 Å². The summed E-state index contributed by atoms with van der Waals surface area (Å²) in [5.74, 6) is -0.414. The number of para-hydroxylation sites is 1. The van der Waals surface area contributed by atoms with Crippen molar-refractivity contribution >= 4 is 11.7 Å². The highest BCUT2D eigenvalue weighted by atomic mass is 19.1. The molecule has 1 saturated heterocycles. The molecule has 1 heterocycles. The number of carbonyl (C=O) groups excluding carboxylic acids is 1. The lowest BCUT2D eigenvalue weighted by Crippen LogP contribution is -2.46. The largest absolute Gasteiger partial charge is 0.379 e. The number of anilines is 1. The normalized spacial score (nSPS) is 18.0. The minimum atomic E-state index is -0.414. The van der Waals surface area contributed by atoms with Crippen LogP contribution >= 0.6 is 0 Å². The molecule has 0 aliphatic carbocycles. The summed E-state index contributed by atoms with van der Waals surface area (Å²) in [5, 5.41) is 2.87.